The van der Waals surface area contributed by atoms with Gasteiger partial charge in [0.25, 0.3) is 5.91 Å². The van der Waals surface area contributed by atoms with Gasteiger partial charge in [0.05, 0.1) is 6.04 Å². The second kappa shape index (κ2) is 7.52. The third-order valence-corrected chi connectivity index (χ3v) is 5.54. The SMILES string of the molecule is Cc1ccc([C@@H]2CCCCCN2C(=O)c2cc(N3CCCC3)ccn2)o1. The van der Waals surface area contributed by atoms with Gasteiger partial charge in [-0.2, -0.15) is 0 Å². The number of hydrogen-bond donors (Lipinski definition) is 0. The second-order valence-corrected chi connectivity index (χ2v) is 7.41. The smallest absolute Gasteiger partial charge is 0.273 e. The Morgan fingerprint density at radius 1 is 1.08 bits per heavy atom. The van der Waals surface area contributed by atoms with Crippen molar-refractivity contribution in [3.05, 3.63) is 47.7 Å². The van der Waals surface area contributed by atoms with Crippen LogP contribution in [0, 0.1) is 6.92 Å². The zero-order chi connectivity index (χ0) is 17.9. The molecule has 5 heteroatoms. The van der Waals surface area contributed by atoms with Crippen molar-refractivity contribution in [2.45, 2.75) is 51.5 Å². The molecule has 138 valence electrons. The molecule has 2 aromatic rings. The molecule has 2 aliphatic heterocycles. The Hall–Kier alpha value is -2.30. The van der Waals surface area contributed by atoms with E-state index in [-0.39, 0.29) is 11.9 Å². The van der Waals surface area contributed by atoms with Gasteiger partial charge in [-0.25, -0.2) is 0 Å². The summed E-state index contributed by atoms with van der Waals surface area (Å²) in [5.74, 6) is 1.81. The van der Waals surface area contributed by atoms with Crippen molar-refractivity contribution in [2.24, 2.45) is 0 Å². The molecule has 0 spiro atoms. The van der Waals surface area contributed by atoms with Crippen molar-refractivity contribution < 1.29 is 9.21 Å². The van der Waals surface area contributed by atoms with E-state index < -0.39 is 0 Å². The van der Waals surface area contributed by atoms with E-state index in [9.17, 15) is 4.79 Å². The Bertz CT molecular complexity index is 764. The zero-order valence-corrected chi connectivity index (χ0v) is 15.5. The Morgan fingerprint density at radius 3 is 2.65 bits per heavy atom. The van der Waals surface area contributed by atoms with E-state index in [1.807, 2.05) is 36.1 Å². The Labute approximate surface area is 155 Å². The summed E-state index contributed by atoms with van der Waals surface area (Å²) in [6.07, 6.45) is 8.47. The minimum atomic E-state index is 0.0101. The summed E-state index contributed by atoms with van der Waals surface area (Å²) < 4.78 is 5.88. The monoisotopic (exact) mass is 353 g/mol. The van der Waals surface area contributed by atoms with E-state index in [1.54, 1.807) is 6.20 Å². The first-order valence-corrected chi connectivity index (χ1v) is 9.81. The molecular formula is C21H27N3O2. The number of anilines is 1. The van der Waals surface area contributed by atoms with Crippen LogP contribution >= 0.6 is 0 Å². The summed E-state index contributed by atoms with van der Waals surface area (Å²) in [5, 5.41) is 0. The van der Waals surface area contributed by atoms with Crippen molar-refractivity contribution in [3.8, 4) is 0 Å². The fraction of sp³-hybridized carbons (Fsp3) is 0.524. The number of carbonyl (C=O) groups is 1. The van der Waals surface area contributed by atoms with Crippen LogP contribution in [-0.2, 0) is 0 Å². The normalized spacial score (nSPS) is 21.0. The second-order valence-electron chi connectivity index (χ2n) is 7.41. The van der Waals surface area contributed by atoms with Gasteiger partial charge in [-0.3, -0.25) is 9.78 Å². The third-order valence-electron chi connectivity index (χ3n) is 5.54. The van der Waals surface area contributed by atoms with Crippen LogP contribution in [-0.4, -0.2) is 35.4 Å². The molecule has 0 bridgehead atoms. The zero-order valence-electron chi connectivity index (χ0n) is 15.5. The number of amides is 1. The van der Waals surface area contributed by atoms with Crippen LogP contribution < -0.4 is 4.90 Å². The lowest BCUT2D eigenvalue weighted by Gasteiger charge is -2.28. The van der Waals surface area contributed by atoms with Crippen LogP contribution in [0.2, 0.25) is 0 Å². The first kappa shape index (κ1) is 17.1. The highest BCUT2D eigenvalue weighted by molar-refractivity contribution is 5.93. The predicted molar refractivity (Wildman–Crippen MR) is 101 cm³/mol. The lowest BCUT2D eigenvalue weighted by molar-refractivity contribution is 0.0651. The minimum absolute atomic E-state index is 0.0101. The standard InChI is InChI=1S/C21H27N3O2/c1-16-8-9-20(26-16)19-7-3-2-4-14-24(19)21(25)18-15-17(10-11-22-18)23-12-5-6-13-23/h8-11,15,19H,2-7,12-14H2,1H3/t19-/m0/s1. The fourth-order valence-electron chi connectivity index (χ4n) is 4.14. The van der Waals surface area contributed by atoms with Gasteiger partial charge in [0.15, 0.2) is 0 Å². The number of rotatable bonds is 3. The summed E-state index contributed by atoms with van der Waals surface area (Å²) >= 11 is 0. The number of hydrogen-bond acceptors (Lipinski definition) is 4. The van der Waals surface area contributed by atoms with E-state index in [1.165, 1.54) is 12.8 Å². The summed E-state index contributed by atoms with van der Waals surface area (Å²) in [7, 11) is 0. The molecule has 0 saturated carbocycles. The number of aryl methyl sites for hydroxylation is 1. The first-order chi connectivity index (χ1) is 12.7. The quantitative estimate of drug-likeness (QED) is 0.823. The Balaban J connectivity index is 1.61. The highest BCUT2D eigenvalue weighted by Gasteiger charge is 2.30. The van der Waals surface area contributed by atoms with Gasteiger partial charge >= 0.3 is 0 Å². The maximum absolute atomic E-state index is 13.3. The molecule has 0 unspecified atom stereocenters. The average Bonchev–Trinajstić information content (AvgIpc) is 3.28. The Morgan fingerprint density at radius 2 is 1.88 bits per heavy atom. The highest BCUT2D eigenvalue weighted by atomic mass is 16.3. The molecule has 4 heterocycles. The van der Waals surface area contributed by atoms with Gasteiger partial charge in [0.2, 0.25) is 0 Å². The van der Waals surface area contributed by atoms with Crippen LogP contribution in [0.1, 0.15) is 66.6 Å². The van der Waals surface area contributed by atoms with Gasteiger partial charge in [-0.1, -0.05) is 12.8 Å². The topological polar surface area (TPSA) is 49.6 Å². The number of pyridine rings is 1. The number of furan rings is 1. The number of carbonyl (C=O) groups excluding carboxylic acids is 1. The van der Waals surface area contributed by atoms with Crippen LogP contribution in [0.5, 0.6) is 0 Å². The largest absolute Gasteiger partial charge is 0.464 e. The molecule has 0 aliphatic carbocycles. The molecule has 2 aliphatic rings. The summed E-state index contributed by atoms with van der Waals surface area (Å²) in [5.41, 5.74) is 1.66. The summed E-state index contributed by atoms with van der Waals surface area (Å²) in [4.78, 5) is 22.0. The van der Waals surface area contributed by atoms with Gasteiger partial charge in [-0.05, 0) is 56.9 Å². The predicted octanol–water partition coefficient (Wildman–Crippen LogP) is 4.34. The first-order valence-electron chi connectivity index (χ1n) is 9.81. The van der Waals surface area contributed by atoms with Crippen molar-refractivity contribution in [1.82, 2.24) is 9.88 Å². The molecule has 4 rings (SSSR count). The number of likely N-dealkylation sites (tertiary alicyclic amines) is 1. The molecule has 5 nitrogen and oxygen atoms in total. The van der Waals surface area contributed by atoms with Crippen LogP contribution in [0.25, 0.3) is 0 Å². The van der Waals surface area contributed by atoms with E-state index in [4.69, 9.17) is 4.42 Å². The molecule has 2 aromatic heterocycles. The molecule has 0 N–H and O–H groups in total. The maximum atomic E-state index is 13.3. The molecule has 0 aromatic carbocycles. The van der Waals surface area contributed by atoms with Crippen molar-refractivity contribution >= 4 is 11.6 Å². The van der Waals surface area contributed by atoms with Gasteiger partial charge in [0, 0.05) is 31.5 Å². The minimum Gasteiger partial charge on any atom is -0.464 e. The molecule has 1 atom stereocenters. The van der Waals surface area contributed by atoms with E-state index in [0.717, 1.165) is 62.5 Å². The van der Waals surface area contributed by atoms with Gasteiger partial charge in [0.1, 0.15) is 17.2 Å². The summed E-state index contributed by atoms with van der Waals surface area (Å²) in [6.45, 7) is 4.84. The van der Waals surface area contributed by atoms with Gasteiger partial charge < -0.3 is 14.2 Å². The van der Waals surface area contributed by atoms with Crippen molar-refractivity contribution in [3.63, 3.8) is 0 Å². The third kappa shape index (κ3) is 3.48. The fourth-order valence-corrected chi connectivity index (χ4v) is 4.14. The van der Waals surface area contributed by atoms with Crippen LogP contribution in [0.3, 0.4) is 0 Å². The molecule has 2 fully saturated rings. The molecule has 0 radical (unpaired) electrons. The van der Waals surface area contributed by atoms with E-state index in [0.29, 0.717) is 5.69 Å². The number of aromatic nitrogens is 1. The van der Waals surface area contributed by atoms with Crippen molar-refractivity contribution in [1.29, 1.82) is 0 Å². The van der Waals surface area contributed by atoms with E-state index >= 15 is 0 Å². The molecular weight excluding hydrogens is 326 g/mol. The average molecular weight is 353 g/mol. The molecule has 26 heavy (non-hydrogen) atoms. The van der Waals surface area contributed by atoms with Crippen molar-refractivity contribution in [2.75, 3.05) is 24.5 Å². The van der Waals surface area contributed by atoms with Gasteiger partial charge in [-0.15, -0.1) is 0 Å². The highest BCUT2D eigenvalue weighted by Crippen LogP contribution is 2.32. The Kier molecular flexibility index (Phi) is 4.96. The summed E-state index contributed by atoms with van der Waals surface area (Å²) in [6, 6.07) is 7.98. The molecule has 2 saturated heterocycles. The van der Waals surface area contributed by atoms with Crippen LogP contribution in [0.4, 0.5) is 5.69 Å². The maximum Gasteiger partial charge on any atom is 0.273 e. The lowest BCUT2D eigenvalue weighted by Crippen LogP contribution is -2.35. The number of nitrogens with zero attached hydrogens (tertiary/aromatic N) is 3. The lowest BCUT2D eigenvalue weighted by atomic mass is 10.1. The molecule has 1 amide bonds. The van der Waals surface area contributed by atoms with E-state index in [2.05, 4.69) is 9.88 Å². The van der Waals surface area contributed by atoms with Crippen LogP contribution in [0.15, 0.2) is 34.9 Å².